The second-order valence-electron chi connectivity index (χ2n) is 12.5. The van der Waals surface area contributed by atoms with Crippen molar-refractivity contribution in [3.05, 3.63) is 12.1 Å². The van der Waals surface area contributed by atoms with Crippen LogP contribution in [0.1, 0.15) is 94.4 Å². The van der Waals surface area contributed by atoms with E-state index in [4.69, 9.17) is 19.8 Å². The Kier molecular flexibility index (Phi) is 12.4. The third-order valence-electron chi connectivity index (χ3n) is 6.96. The second kappa shape index (κ2) is 14.1. The van der Waals surface area contributed by atoms with Crippen molar-refractivity contribution in [2.75, 3.05) is 19.8 Å². The predicted octanol–water partition coefficient (Wildman–Crippen LogP) is 5.94. The van der Waals surface area contributed by atoms with Gasteiger partial charge in [0.25, 0.3) is 0 Å². The summed E-state index contributed by atoms with van der Waals surface area (Å²) in [5.41, 5.74) is 6.05. The lowest BCUT2D eigenvalue weighted by Gasteiger charge is -2.29. The SMILES string of the molecule is CCC(C)(C)CCOC(C)(C)CCN=CC(CC(C)(C)OCCC(C)(C)C(=O)On1c(O)ccc1O)N=N. The Morgan fingerprint density at radius 1 is 0.974 bits per heavy atom. The molecule has 0 bridgehead atoms. The van der Waals surface area contributed by atoms with Gasteiger partial charge in [-0.15, -0.1) is 4.73 Å². The van der Waals surface area contributed by atoms with Crippen molar-refractivity contribution in [1.82, 2.24) is 4.73 Å². The monoisotopic (exact) mass is 538 g/mol. The Hall–Kier alpha value is -2.46. The summed E-state index contributed by atoms with van der Waals surface area (Å²) in [7, 11) is 0. The van der Waals surface area contributed by atoms with Gasteiger partial charge in [0.1, 0.15) is 6.04 Å². The fourth-order valence-corrected chi connectivity index (χ4v) is 3.46. The summed E-state index contributed by atoms with van der Waals surface area (Å²) in [5.74, 6) is -1.36. The van der Waals surface area contributed by atoms with Gasteiger partial charge in [-0.1, -0.05) is 27.2 Å². The summed E-state index contributed by atoms with van der Waals surface area (Å²) in [5, 5.41) is 23.1. The van der Waals surface area contributed by atoms with Gasteiger partial charge in [-0.3, -0.25) is 4.99 Å². The number of ether oxygens (including phenoxy) is 2. The summed E-state index contributed by atoms with van der Waals surface area (Å²) in [6.45, 7) is 19.7. The number of aliphatic imine (C=N–C) groups is 1. The van der Waals surface area contributed by atoms with Crippen LogP contribution in [0.2, 0.25) is 0 Å². The zero-order valence-electron chi connectivity index (χ0n) is 24.8. The molecular formula is C28H50N4O6. The van der Waals surface area contributed by atoms with Crippen LogP contribution in [0.25, 0.3) is 0 Å². The maximum atomic E-state index is 12.6. The number of rotatable bonds is 18. The van der Waals surface area contributed by atoms with Gasteiger partial charge in [-0.05, 0) is 66.2 Å². The molecule has 0 amide bonds. The number of aromatic nitrogens is 1. The molecule has 0 spiro atoms. The van der Waals surface area contributed by atoms with E-state index in [1.165, 1.54) is 12.1 Å². The number of nitrogens with zero attached hydrogens (tertiary/aromatic N) is 3. The highest BCUT2D eigenvalue weighted by Gasteiger charge is 2.33. The zero-order chi connectivity index (χ0) is 29.2. The Morgan fingerprint density at radius 3 is 2.08 bits per heavy atom. The molecule has 0 saturated heterocycles. The van der Waals surface area contributed by atoms with E-state index in [-0.39, 0.29) is 29.4 Å². The van der Waals surface area contributed by atoms with Crippen molar-refractivity contribution >= 4 is 12.2 Å². The molecular weight excluding hydrogens is 488 g/mol. The van der Waals surface area contributed by atoms with Crippen molar-refractivity contribution in [1.29, 1.82) is 5.53 Å². The Balaban J connectivity index is 2.49. The summed E-state index contributed by atoms with van der Waals surface area (Å²) >= 11 is 0. The molecule has 10 heteroatoms. The molecule has 218 valence electrons. The smallest absolute Gasteiger partial charge is 0.338 e. The molecule has 10 nitrogen and oxygen atoms in total. The maximum absolute atomic E-state index is 12.6. The topological polar surface area (TPSA) is 139 Å². The minimum Gasteiger partial charge on any atom is -0.492 e. The third kappa shape index (κ3) is 11.9. The van der Waals surface area contributed by atoms with Crippen LogP contribution in [0.15, 0.2) is 22.2 Å². The number of carbonyl (C=O) groups is 1. The van der Waals surface area contributed by atoms with Crippen LogP contribution in [0.5, 0.6) is 11.8 Å². The molecule has 1 heterocycles. The molecule has 1 rings (SSSR count). The summed E-state index contributed by atoms with van der Waals surface area (Å²) < 4.78 is 12.8. The van der Waals surface area contributed by atoms with Crippen molar-refractivity contribution < 1.29 is 29.3 Å². The van der Waals surface area contributed by atoms with Gasteiger partial charge in [-0.2, -0.15) is 5.11 Å². The molecule has 1 unspecified atom stereocenters. The van der Waals surface area contributed by atoms with E-state index in [2.05, 4.69) is 44.7 Å². The van der Waals surface area contributed by atoms with Crippen molar-refractivity contribution in [2.45, 2.75) is 112 Å². The molecule has 0 fully saturated rings. The Labute approximate surface area is 228 Å². The van der Waals surface area contributed by atoms with Gasteiger partial charge in [0, 0.05) is 44.5 Å². The van der Waals surface area contributed by atoms with E-state index in [9.17, 15) is 15.0 Å². The highest BCUT2D eigenvalue weighted by atomic mass is 16.7. The molecule has 1 atom stereocenters. The molecule has 1 aromatic rings. The molecule has 3 N–H and O–H groups in total. The summed E-state index contributed by atoms with van der Waals surface area (Å²) in [6.07, 6.45) is 5.41. The fourth-order valence-electron chi connectivity index (χ4n) is 3.46. The molecule has 0 saturated carbocycles. The van der Waals surface area contributed by atoms with E-state index in [1.807, 2.05) is 13.8 Å². The summed E-state index contributed by atoms with van der Waals surface area (Å²) in [4.78, 5) is 22.2. The van der Waals surface area contributed by atoms with E-state index in [0.717, 1.165) is 25.9 Å². The highest BCUT2D eigenvalue weighted by molar-refractivity contribution is 5.76. The summed E-state index contributed by atoms with van der Waals surface area (Å²) in [6, 6.07) is 2.03. The number of hydrogen-bond acceptors (Lipinski definition) is 9. The van der Waals surface area contributed by atoms with Crippen LogP contribution in [0.3, 0.4) is 0 Å². The Morgan fingerprint density at radius 2 is 1.53 bits per heavy atom. The average Bonchev–Trinajstić information content (AvgIpc) is 3.12. The number of aromatic hydroxyl groups is 2. The first-order chi connectivity index (χ1) is 17.4. The van der Waals surface area contributed by atoms with Gasteiger partial charge in [0.15, 0.2) is 0 Å². The lowest BCUT2D eigenvalue weighted by Crippen LogP contribution is -2.36. The van der Waals surface area contributed by atoms with E-state index in [0.29, 0.717) is 24.1 Å². The zero-order valence-corrected chi connectivity index (χ0v) is 24.8. The molecule has 0 radical (unpaired) electrons. The molecule has 0 aromatic carbocycles. The van der Waals surface area contributed by atoms with Crippen LogP contribution in [-0.2, 0) is 14.3 Å². The number of carbonyl (C=O) groups excluding carboxylic acids is 1. The van der Waals surface area contributed by atoms with Crippen molar-refractivity contribution in [3.63, 3.8) is 0 Å². The highest BCUT2D eigenvalue weighted by Crippen LogP contribution is 2.28. The van der Waals surface area contributed by atoms with E-state index >= 15 is 0 Å². The quantitative estimate of drug-likeness (QED) is 0.156. The number of hydrogen-bond donors (Lipinski definition) is 3. The van der Waals surface area contributed by atoms with Gasteiger partial charge >= 0.3 is 5.97 Å². The predicted molar refractivity (Wildman–Crippen MR) is 148 cm³/mol. The van der Waals surface area contributed by atoms with Gasteiger partial charge < -0.3 is 24.5 Å². The molecule has 1 aromatic heterocycles. The van der Waals surface area contributed by atoms with Crippen LogP contribution in [0.4, 0.5) is 0 Å². The fraction of sp³-hybridized carbons (Fsp3) is 0.786. The molecule has 38 heavy (non-hydrogen) atoms. The molecule has 0 aliphatic carbocycles. The van der Waals surface area contributed by atoms with Crippen LogP contribution >= 0.6 is 0 Å². The maximum Gasteiger partial charge on any atom is 0.338 e. The third-order valence-corrected chi connectivity index (χ3v) is 6.96. The largest absolute Gasteiger partial charge is 0.492 e. The first-order valence-electron chi connectivity index (χ1n) is 13.4. The lowest BCUT2D eigenvalue weighted by molar-refractivity contribution is -0.157. The van der Waals surface area contributed by atoms with Crippen LogP contribution < -0.4 is 4.84 Å². The normalized spacial score (nSPS) is 14.1. The molecule has 0 aliphatic rings. The second-order valence-corrected chi connectivity index (χ2v) is 12.5. The average molecular weight is 539 g/mol. The Bertz CT molecular complexity index is 901. The minimum absolute atomic E-state index is 0.265. The van der Waals surface area contributed by atoms with Crippen LogP contribution in [-0.4, -0.2) is 64.1 Å². The minimum atomic E-state index is -0.930. The first kappa shape index (κ1) is 33.6. The standard InChI is InChI=1S/C28H50N4O6/c1-10-25(2,3)14-17-36-27(6,7)13-16-30-20-21(31-29)19-28(8,9)37-18-15-26(4,5)24(35)38-32-22(33)11-12-23(32)34/h11-12,20-21,29,33-34H,10,13-19H2,1-9H3. The van der Waals surface area contributed by atoms with Gasteiger partial charge in [0.2, 0.25) is 11.8 Å². The first-order valence-corrected chi connectivity index (χ1v) is 13.4. The lowest BCUT2D eigenvalue weighted by atomic mass is 9.87. The van der Waals surface area contributed by atoms with E-state index < -0.39 is 23.0 Å². The molecule has 0 aliphatic heterocycles. The van der Waals surface area contributed by atoms with E-state index in [1.54, 1.807) is 20.1 Å². The van der Waals surface area contributed by atoms with Gasteiger partial charge in [0.05, 0.1) is 16.6 Å². The van der Waals surface area contributed by atoms with Crippen molar-refractivity contribution in [2.24, 2.45) is 20.9 Å². The van der Waals surface area contributed by atoms with Crippen LogP contribution in [0, 0.1) is 16.4 Å². The van der Waals surface area contributed by atoms with Gasteiger partial charge in [-0.25, -0.2) is 10.3 Å². The van der Waals surface area contributed by atoms with Crippen molar-refractivity contribution in [3.8, 4) is 11.8 Å². The number of nitrogens with one attached hydrogen (secondary N) is 1.